The van der Waals surface area contributed by atoms with Crippen molar-refractivity contribution in [3.63, 3.8) is 0 Å². The van der Waals surface area contributed by atoms with Crippen LogP contribution in [0, 0.1) is 36.5 Å². The van der Waals surface area contributed by atoms with Crippen molar-refractivity contribution in [3.8, 4) is 17.9 Å². The van der Waals surface area contributed by atoms with Crippen LogP contribution in [0.5, 0.6) is 5.75 Å². The first-order valence-corrected chi connectivity index (χ1v) is 5.80. The highest BCUT2D eigenvalue weighted by molar-refractivity contribution is 5.78. The summed E-state index contributed by atoms with van der Waals surface area (Å²) in [7, 11) is 0. The second kappa shape index (κ2) is 7.03. The van der Waals surface area contributed by atoms with Crippen LogP contribution >= 0.6 is 0 Å². The van der Waals surface area contributed by atoms with Gasteiger partial charge in [0, 0.05) is 0 Å². The van der Waals surface area contributed by atoms with Gasteiger partial charge in [-0.15, -0.1) is 0 Å². The van der Waals surface area contributed by atoms with E-state index in [0.717, 1.165) is 16.0 Å². The Bertz CT molecular complexity index is 525. The summed E-state index contributed by atoms with van der Waals surface area (Å²) in [5, 5.41) is 17.1. The van der Waals surface area contributed by atoms with Crippen LogP contribution in [0.15, 0.2) is 18.2 Å². The zero-order valence-corrected chi connectivity index (χ0v) is 11.0. The molecular weight excluding hydrogens is 242 g/mol. The zero-order chi connectivity index (χ0) is 14.3. The molecule has 0 bridgehead atoms. The molecule has 19 heavy (non-hydrogen) atoms. The first kappa shape index (κ1) is 14.5. The van der Waals surface area contributed by atoms with E-state index in [1.807, 2.05) is 38.1 Å². The van der Waals surface area contributed by atoms with Crippen molar-refractivity contribution in [2.24, 2.45) is 0 Å². The van der Waals surface area contributed by atoms with Crippen molar-refractivity contribution in [3.05, 3.63) is 29.3 Å². The maximum absolute atomic E-state index is 11.7. The lowest BCUT2D eigenvalue weighted by Crippen LogP contribution is -2.35. The predicted molar refractivity (Wildman–Crippen MR) is 69.2 cm³/mol. The third-order valence-electron chi connectivity index (χ3n) is 2.72. The Morgan fingerprint density at radius 1 is 1.21 bits per heavy atom. The molecule has 0 heterocycles. The number of carbonyl (C=O) groups is 1. The number of amides is 1. The van der Waals surface area contributed by atoms with Crippen LogP contribution in [0.25, 0.3) is 0 Å². The molecule has 0 N–H and O–H groups in total. The number of nitrogens with zero attached hydrogens (tertiary/aromatic N) is 3. The Morgan fingerprint density at radius 3 is 2.37 bits per heavy atom. The molecule has 1 amide bonds. The fourth-order valence-corrected chi connectivity index (χ4v) is 1.44. The van der Waals surface area contributed by atoms with E-state index in [-0.39, 0.29) is 25.6 Å². The van der Waals surface area contributed by atoms with Gasteiger partial charge in [-0.2, -0.15) is 10.5 Å². The smallest absolute Gasteiger partial charge is 0.262 e. The SMILES string of the molecule is Cc1ccc(OCC(=O)N(CC#N)CC#N)cc1C. The second-order valence-electron chi connectivity index (χ2n) is 4.10. The molecule has 5 heteroatoms. The molecule has 1 aromatic carbocycles. The Balaban J connectivity index is 2.60. The summed E-state index contributed by atoms with van der Waals surface area (Å²) >= 11 is 0. The summed E-state index contributed by atoms with van der Waals surface area (Å²) in [6.07, 6.45) is 0. The minimum Gasteiger partial charge on any atom is -0.484 e. The maximum atomic E-state index is 11.7. The average molecular weight is 257 g/mol. The number of ether oxygens (including phenoxy) is 1. The van der Waals surface area contributed by atoms with Crippen molar-refractivity contribution < 1.29 is 9.53 Å². The minimum absolute atomic E-state index is 0.108. The van der Waals surface area contributed by atoms with E-state index in [2.05, 4.69) is 0 Å². The molecule has 0 aliphatic heterocycles. The van der Waals surface area contributed by atoms with Gasteiger partial charge < -0.3 is 9.64 Å². The Labute approximate surface area is 112 Å². The van der Waals surface area contributed by atoms with Crippen LogP contribution in [0.1, 0.15) is 11.1 Å². The maximum Gasteiger partial charge on any atom is 0.262 e. The molecular formula is C14H15N3O2. The number of aryl methyl sites for hydroxylation is 2. The number of nitriles is 2. The zero-order valence-electron chi connectivity index (χ0n) is 11.0. The molecule has 0 saturated carbocycles. The van der Waals surface area contributed by atoms with Crippen LogP contribution < -0.4 is 4.74 Å². The number of rotatable bonds is 5. The van der Waals surface area contributed by atoms with E-state index in [9.17, 15) is 4.79 Å². The fraction of sp³-hybridized carbons (Fsp3) is 0.357. The molecule has 0 saturated heterocycles. The molecule has 0 fully saturated rings. The Morgan fingerprint density at radius 2 is 1.84 bits per heavy atom. The van der Waals surface area contributed by atoms with E-state index in [0.29, 0.717) is 5.75 Å². The highest BCUT2D eigenvalue weighted by Crippen LogP contribution is 2.16. The van der Waals surface area contributed by atoms with Gasteiger partial charge in [-0.1, -0.05) is 6.07 Å². The molecule has 0 aromatic heterocycles. The number of hydrogen-bond donors (Lipinski definition) is 0. The molecule has 0 aliphatic carbocycles. The van der Waals surface area contributed by atoms with Gasteiger partial charge in [0.05, 0.1) is 12.1 Å². The minimum atomic E-state index is -0.374. The van der Waals surface area contributed by atoms with E-state index < -0.39 is 0 Å². The van der Waals surface area contributed by atoms with Crippen LogP contribution in [0.2, 0.25) is 0 Å². The Kier molecular flexibility index (Phi) is 5.37. The van der Waals surface area contributed by atoms with Crippen LogP contribution in [-0.4, -0.2) is 30.5 Å². The van der Waals surface area contributed by atoms with Gasteiger partial charge in [-0.25, -0.2) is 0 Å². The third kappa shape index (κ3) is 4.33. The predicted octanol–water partition coefficient (Wildman–Crippen LogP) is 1.56. The fourth-order valence-electron chi connectivity index (χ4n) is 1.44. The van der Waals surface area contributed by atoms with E-state index >= 15 is 0 Å². The van der Waals surface area contributed by atoms with Crippen LogP contribution in [-0.2, 0) is 4.79 Å². The number of carbonyl (C=O) groups excluding carboxylic acids is 1. The number of benzene rings is 1. The van der Waals surface area contributed by atoms with Crippen molar-refractivity contribution in [1.29, 1.82) is 10.5 Å². The standard InChI is InChI=1S/C14H15N3O2/c1-11-3-4-13(9-12(11)2)19-10-14(18)17(7-5-15)8-6-16/h3-4,9H,7-8,10H2,1-2H3. The normalized spacial score (nSPS) is 9.26. The van der Waals surface area contributed by atoms with Crippen LogP contribution in [0.4, 0.5) is 0 Å². The molecule has 1 rings (SSSR count). The summed E-state index contributed by atoms with van der Waals surface area (Å²) in [4.78, 5) is 12.9. The molecule has 5 nitrogen and oxygen atoms in total. The third-order valence-corrected chi connectivity index (χ3v) is 2.72. The Hall–Kier alpha value is -2.53. The molecule has 0 atom stereocenters. The number of hydrogen-bond acceptors (Lipinski definition) is 4. The molecule has 0 aliphatic rings. The van der Waals surface area contributed by atoms with E-state index in [1.54, 1.807) is 6.07 Å². The van der Waals surface area contributed by atoms with Gasteiger partial charge in [0.1, 0.15) is 18.8 Å². The summed E-state index contributed by atoms with van der Waals surface area (Å²) in [5.74, 6) is 0.228. The van der Waals surface area contributed by atoms with Crippen molar-refractivity contribution in [1.82, 2.24) is 4.90 Å². The second-order valence-corrected chi connectivity index (χ2v) is 4.10. The molecule has 0 unspecified atom stereocenters. The lowest BCUT2D eigenvalue weighted by Gasteiger charge is -2.16. The molecule has 1 aromatic rings. The van der Waals surface area contributed by atoms with Crippen molar-refractivity contribution in [2.45, 2.75) is 13.8 Å². The van der Waals surface area contributed by atoms with E-state index in [1.165, 1.54) is 0 Å². The van der Waals surface area contributed by atoms with E-state index in [4.69, 9.17) is 15.3 Å². The van der Waals surface area contributed by atoms with Crippen molar-refractivity contribution in [2.75, 3.05) is 19.7 Å². The lowest BCUT2D eigenvalue weighted by atomic mass is 10.1. The summed E-state index contributed by atoms with van der Waals surface area (Å²) in [6.45, 7) is 3.56. The quantitative estimate of drug-likeness (QED) is 0.750. The topological polar surface area (TPSA) is 77.1 Å². The monoisotopic (exact) mass is 257 g/mol. The molecule has 0 radical (unpaired) electrons. The lowest BCUT2D eigenvalue weighted by molar-refractivity contribution is -0.132. The molecule has 98 valence electrons. The van der Waals surface area contributed by atoms with Crippen LogP contribution in [0.3, 0.4) is 0 Å². The van der Waals surface area contributed by atoms with Gasteiger partial charge in [0.2, 0.25) is 0 Å². The summed E-state index contributed by atoms with van der Waals surface area (Å²) in [5.41, 5.74) is 2.23. The highest BCUT2D eigenvalue weighted by Gasteiger charge is 2.13. The molecule has 0 spiro atoms. The average Bonchev–Trinajstić information content (AvgIpc) is 2.39. The van der Waals surface area contributed by atoms with Gasteiger partial charge in [-0.3, -0.25) is 4.79 Å². The van der Waals surface area contributed by atoms with Gasteiger partial charge >= 0.3 is 0 Å². The largest absolute Gasteiger partial charge is 0.484 e. The van der Waals surface area contributed by atoms with Gasteiger partial charge in [0.25, 0.3) is 5.91 Å². The van der Waals surface area contributed by atoms with Crippen molar-refractivity contribution >= 4 is 5.91 Å². The van der Waals surface area contributed by atoms with Gasteiger partial charge in [-0.05, 0) is 37.1 Å². The summed E-state index contributed by atoms with van der Waals surface area (Å²) < 4.78 is 5.37. The first-order chi connectivity index (χ1) is 9.08. The van der Waals surface area contributed by atoms with Gasteiger partial charge in [0.15, 0.2) is 6.61 Å². The first-order valence-electron chi connectivity index (χ1n) is 5.80. The highest BCUT2D eigenvalue weighted by atomic mass is 16.5. The summed E-state index contributed by atoms with van der Waals surface area (Å²) in [6, 6.07) is 9.24.